The van der Waals surface area contributed by atoms with Crippen LogP contribution in [0.1, 0.15) is 43.0 Å². The highest BCUT2D eigenvalue weighted by atomic mass is 16.5. The molecule has 0 aliphatic carbocycles. The van der Waals surface area contributed by atoms with Gasteiger partial charge in [0.1, 0.15) is 5.82 Å². The molecule has 0 spiro atoms. The van der Waals surface area contributed by atoms with Gasteiger partial charge in [-0.15, -0.1) is 5.10 Å². The zero-order valence-electron chi connectivity index (χ0n) is 20.0. The van der Waals surface area contributed by atoms with Gasteiger partial charge in [-0.3, -0.25) is 4.79 Å². The van der Waals surface area contributed by atoms with Crippen molar-refractivity contribution in [1.29, 1.82) is 0 Å². The second kappa shape index (κ2) is 9.17. The highest BCUT2D eigenvalue weighted by molar-refractivity contribution is 5.95. The van der Waals surface area contributed by atoms with Crippen molar-refractivity contribution in [2.45, 2.75) is 39.2 Å². The van der Waals surface area contributed by atoms with Crippen molar-refractivity contribution in [3.05, 3.63) is 71.5 Å². The fraction of sp³-hybridized carbons (Fsp3) is 0.269. The Hall–Kier alpha value is -4.27. The third kappa shape index (κ3) is 4.32. The Kier molecular flexibility index (Phi) is 5.90. The molecule has 0 saturated carbocycles. The molecule has 9 heteroatoms. The van der Waals surface area contributed by atoms with Crippen LogP contribution in [0.25, 0.3) is 17.2 Å². The first-order chi connectivity index (χ1) is 16.9. The lowest BCUT2D eigenvalue weighted by atomic mass is 9.85. The number of hydrogen-bond acceptors (Lipinski definition) is 7. The minimum absolute atomic E-state index is 0.0182. The van der Waals surface area contributed by atoms with Crippen molar-refractivity contribution in [1.82, 2.24) is 25.0 Å². The van der Waals surface area contributed by atoms with E-state index >= 15 is 0 Å². The van der Waals surface area contributed by atoms with Gasteiger partial charge in [-0.05, 0) is 38.5 Å². The molecule has 1 N–H and O–H groups in total. The van der Waals surface area contributed by atoms with Gasteiger partial charge in [0.25, 0.3) is 5.95 Å². The van der Waals surface area contributed by atoms with E-state index in [-0.39, 0.29) is 30.3 Å². The molecule has 0 saturated heterocycles. The predicted octanol–water partition coefficient (Wildman–Crippen LogP) is 4.30. The maximum Gasteiger partial charge on any atom is 0.272 e. The monoisotopic (exact) mass is 470 g/mol. The zero-order chi connectivity index (χ0) is 24.5. The van der Waals surface area contributed by atoms with Crippen molar-refractivity contribution in [3.8, 4) is 28.7 Å². The van der Waals surface area contributed by atoms with Crippen LogP contribution < -0.4 is 14.8 Å². The van der Waals surface area contributed by atoms with E-state index in [2.05, 4.69) is 20.5 Å². The molecular formula is C26H26N6O3. The van der Waals surface area contributed by atoms with Gasteiger partial charge < -0.3 is 14.8 Å². The standard InChI is InChI=1S/C26H26N6O3/c1-15(2)35-22-12-18(10-11-21(22)34-4)19-13-23(33)29-25-24(19)16(3)31-32(25)26-28-20(14-27-30-26)17-8-6-5-7-9-17/h5-12,14-15,19H,13H2,1-4H3,(H,29,33)/t19-/m1/s1. The van der Waals surface area contributed by atoms with Crippen molar-refractivity contribution >= 4 is 11.7 Å². The lowest BCUT2D eigenvalue weighted by Crippen LogP contribution is -2.25. The van der Waals surface area contributed by atoms with E-state index in [1.807, 2.05) is 69.3 Å². The number of amides is 1. The van der Waals surface area contributed by atoms with Crippen LogP contribution >= 0.6 is 0 Å². The van der Waals surface area contributed by atoms with Gasteiger partial charge in [0.2, 0.25) is 5.91 Å². The summed E-state index contributed by atoms with van der Waals surface area (Å²) in [5.41, 5.74) is 4.22. The fourth-order valence-electron chi connectivity index (χ4n) is 4.36. The average Bonchev–Trinajstić information content (AvgIpc) is 3.19. The molecule has 2 aromatic heterocycles. The summed E-state index contributed by atoms with van der Waals surface area (Å²) in [5.74, 6) is 1.80. The number of nitrogens with one attached hydrogen (secondary N) is 1. The number of carbonyl (C=O) groups excluding carboxylic acids is 1. The normalized spacial score (nSPS) is 15.0. The number of carbonyl (C=O) groups is 1. The van der Waals surface area contributed by atoms with E-state index in [4.69, 9.17) is 14.6 Å². The molecule has 3 heterocycles. The van der Waals surface area contributed by atoms with E-state index in [1.54, 1.807) is 18.0 Å². The summed E-state index contributed by atoms with van der Waals surface area (Å²) in [4.78, 5) is 17.5. The second-order valence-electron chi connectivity index (χ2n) is 8.65. The van der Waals surface area contributed by atoms with Crippen molar-refractivity contribution in [2.75, 3.05) is 12.4 Å². The minimum atomic E-state index is -0.210. The summed E-state index contributed by atoms with van der Waals surface area (Å²) < 4.78 is 13.0. The zero-order valence-corrected chi connectivity index (χ0v) is 20.0. The Morgan fingerprint density at radius 1 is 1.11 bits per heavy atom. The smallest absolute Gasteiger partial charge is 0.272 e. The number of aryl methyl sites for hydroxylation is 1. The van der Waals surface area contributed by atoms with E-state index in [0.717, 1.165) is 22.4 Å². The van der Waals surface area contributed by atoms with Gasteiger partial charge in [-0.25, -0.2) is 4.98 Å². The SMILES string of the molecule is COc1ccc([C@H]2CC(=O)Nc3c2c(C)nn3-c2nncc(-c3ccccc3)n2)cc1OC(C)C. The predicted molar refractivity (Wildman–Crippen MR) is 131 cm³/mol. The fourth-order valence-corrected chi connectivity index (χ4v) is 4.36. The van der Waals surface area contributed by atoms with Gasteiger partial charge in [0, 0.05) is 23.5 Å². The van der Waals surface area contributed by atoms with Gasteiger partial charge in [-0.2, -0.15) is 14.9 Å². The van der Waals surface area contributed by atoms with Gasteiger partial charge in [-0.1, -0.05) is 36.4 Å². The Bertz CT molecular complexity index is 1380. The molecule has 5 rings (SSSR count). The number of anilines is 1. The first-order valence-electron chi connectivity index (χ1n) is 11.4. The Labute approximate surface area is 203 Å². The second-order valence-corrected chi connectivity index (χ2v) is 8.65. The summed E-state index contributed by atoms with van der Waals surface area (Å²) >= 11 is 0. The largest absolute Gasteiger partial charge is 0.493 e. The summed E-state index contributed by atoms with van der Waals surface area (Å²) in [5, 5.41) is 16.0. The van der Waals surface area contributed by atoms with Crippen molar-refractivity contribution in [3.63, 3.8) is 0 Å². The number of methoxy groups -OCH3 is 1. The number of fused-ring (bicyclic) bond motifs is 1. The number of aromatic nitrogens is 5. The minimum Gasteiger partial charge on any atom is -0.493 e. The Balaban J connectivity index is 1.59. The van der Waals surface area contributed by atoms with E-state index < -0.39 is 0 Å². The lowest BCUT2D eigenvalue weighted by Gasteiger charge is -2.25. The molecule has 1 atom stereocenters. The van der Waals surface area contributed by atoms with Crippen LogP contribution in [0.15, 0.2) is 54.7 Å². The molecule has 0 bridgehead atoms. The number of hydrogen-bond donors (Lipinski definition) is 1. The quantitative estimate of drug-likeness (QED) is 0.448. The van der Waals surface area contributed by atoms with E-state index in [9.17, 15) is 4.79 Å². The van der Waals surface area contributed by atoms with Crippen LogP contribution in [0.4, 0.5) is 5.82 Å². The summed E-state index contributed by atoms with van der Waals surface area (Å²) in [6.07, 6.45) is 1.88. The summed E-state index contributed by atoms with van der Waals surface area (Å²) in [6, 6.07) is 15.5. The maximum absolute atomic E-state index is 12.8. The van der Waals surface area contributed by atoms with Crippen LogP contribution in [0.3, 0.4) is 0 Å². The third-order valence-corrected chi connectivity index (χ3v) is 5.86. The first-order valence-corrected chi connectivity index (χ1v) is 11.4. The third-order valence-electron chi connectivity index (χ3n) is 5.86. The molecule has 2 aromatic carbocycles. The molecule has 0 fully saturated rings. The van der Waals surface area contributed by atoms with Gasteiger partial charge >= 0.3 is 0 Å². The van der Waals surface area contributed by atoms with Crippen LogP contribution in [0.2, 0.25) is 0 Å². The molecule has 0 radical (unpaired) electrons. The Morgan fingerprint density at radius 2 is 1.91 bits per heavy atom. The lowest BCUT2D eigenvalue weighted by molar-refractivity contribution is -0.116. The number of nitrogens with zero attached hydrogens (tertiary/aromatic N) is 5. The van der Waals surface area contributed by atoms with Gasteiger partial charge in [0.05, 0.1) is 30.8 Å². The molecule has 35 heavy (non-hydrogen) atoms. The summed E-state index contributed by atoms with van der Waals surface area (Å²) in [7, 11) is 1.61. The Morgan fingerprint density at radius 3 is 2.66 bits per heavy atom. The van der Waals surface area contributed by atoms with Gasteiger partial charge in [0.15, 0.2) is 11.5 Å². The topological polar surface area (TPSA) is 104 Å². The molecule has 1 aliphatic rings. The van der Waals surface area contributed by atoms with E-state index in [0.29, 0.717) is 23.0 Å². The van der Waals surface area contributed by atoms with Crippen molar-refractivity contribution in [2.24, 2.45) is 0 Å². The first kappa shape index (κ1) is 22.5. The van der Waals surface area contributed by atoms with Crippen LogP contribution in [0.5, 0.6) is 11.5 Å². The molecule has 1 amide bonds. The highest BCUT2D eigenvalue weighted by Gasteiger charge is 2.34. The molecule has 4 aromatic rings. The van der Waals surface area contributed by atoms with Crippen LogP contribution in [-0.2, 0) is 4.79 Å². The highest BCUT2D eigenvalue weighted by Crippen LogP contribution is 2.42. The van der Waals surface area contributed by atoms with Crippen molar-refractivity contribution < 1.29 is 14.3 Å². The number of benzene rings is 2. The summed E-state index contributed by atoms with van der Waals surface area (Å²) in [6.45, 7) is 5.84. The molecule has 178 valence electrons. The number of rotatable bonds is 6. The maximum atomic E-state index is 12.8. The molecule has 9 nitrogen and oxygen atoms in total. The molecule has 1 aliphatic heterocycles. The molecule has 0 unspecified atom stereocenters. The average molecular weight is 471 g/mol. The van der Waals surface area contributed by atoms with Crippen LogP contribution in [-0.4, -0.2) is 44.1 Å². The molecular weight excluding hydrogens is 444 g/mol. The van der Waals surface area contributed by atoms with Crippen LogP contribution in [0, 0.1) is 6.92 Å². The number of ether oxygens (including phenoxy) is 2. The van der Waals surface area contributed by atoms with E-state index in [1.165, 1.54) is 0 Å².